The minimum atomic E-state index is -0.406. The minimum Gasteiger partial charge on any atom is -0.483 e. The number of aliphatic hydroxyl groups is 1. The van der Waals surface area contributed by atoms with Crippen molar-refractivity contribution in [3.8, 4) is 11.3 Å². The van der Waals surface area contributed by atoms with Gasteiger partial charge in [-0.25, -0.2) is 9.97 Å². The predicted molar refractivity (Wildman–Crippen MR) is 133 cm³/mol. The zero-order chi connectivity index (χ0) is 25.3. The predicted octanol–water partition coefficient (Wildman–Crippen LogP) is 4.44. The van der Waals surface area contributed by atoms with Gasteiger partial charge in [-0.1, -0.05) is 35.3 Å². The highest BCUT2D eigenvalue weighted by Gasteiger charge is 2.16. The maximum absolute atomic E-state index is 12.9. The number of aryl methyl sites for hydroxylation is 2. The number of benzene rings is 2. The Balaban J connectivity index is 0.00000129. The normalized spacial score (nSPS) is 10.4. The van der Waals surface area contributed by atoms with Crippen molar-refractivity contribution in [2.45, 2.75) is 20.4 Å². The van der Waals surface area contributed by atoms with E-state index in [0.717, 1.165) is 22.4 Å². The first-order valence-electron chi connectivity index (χ1n) is 10.3. The van der Waals surface area contributed by atoms with E-state index in [1.54, 1.807) is 24.3 Å². The van der Waals surface area contributed by atoms with Crippen molar-refractivity contribution in [1.82, 2.24) is 14.9 Å². The van der Waals surface area contributed by atoms with Gasteiger partial charge < -0.3 is 15.5 Å². The number of halogens is 2. The fourth-order valence-electron chi connectivity index (χ4n) is 3.38. The summed E-state index contributed by atoms with van der Waals surface area (Å²) in [5.41, 5.74) is 4.87. The lowest BCUT2D eigenvalue weighted by molar-refractivity contribution is -0.122. The van der Waals surface area contributed by atoms with Crippen molar-refractivity contribution in [2.75, 3.05) is 25.5 Å². The standard InChI is InChI=1S/C23H24Cl2N4O2.CH2O2/c1-14-10-16(13-29(3)8-9-30)11-15(2)21(14)28-23(31)22-26-7-6-20(27-22)18-12-17(24)4-5-19(18)25;2-1-3/h4-7,10-12,30H,8-9,13H2,1-3H3,(H,28,31);1H,(H,2,3). The van der Waals surface area contributed by atoms with E-state index >= 15 is 0 Å². The molecule has 34 heavy (non-hydrogen) atoms. The topological polar surface area (TPSA) is 116 Å². The maximum Gasteiger partial charge on any atom is 0.293 e. The highest BCUT2D eigenvalue weighted by molar-refractivity contribution is 6.35. The van der Waals surface area contributed by atoms with Crippen molar-refractivity contribution in [2.24, 2.45) is 0 Å². The number of aliphatic hydroxyl groups excluding tert-OH is 1. The Morgan fingerprint density at radius 1 is 1.15 bits per heavy atom. The molecule has 0 saturated carbocycles. The van der Waals surface area contributed by atoms with Crippen molar-refractivity contribution in [3.63, 3.8) is 0 Å². The zero-order valence-corrected chi connectivity index (χ0v) is 20.6. The third-order valence-corrected chi connectivity index (χ3v) is 5.39. The molecular weight excluding hydrogens is 479 g/mol. The molecule has 8 nitrogen and oxygen atoms in total. The van der Waals surface area contributed by atoms with Gasteiger partial charge >= 0.3 is 0 Å². The maximum atomic E-state index is 12.9. The molecule has 180 valence electrons. The zero-order valence-electron chi connectivity index (χ0n) is 19.0. The minimum absolute atomic E-state index is 0.0408. The number of nitrogens with zero attached hydrogens (tertiary/aromatic N) is 3. The Labute approximate surface area is 208 Å². The van der Waals surface area contributed by atoms with Gasteiger partial charge in [-0.15, -0.1) is 0 Å². The molecule has 0 spiro atoms. The van der Waals surface area contributed by atoms with Crippen LogP contribution in [0.4, 0.5) is 5.69 Å². The van der Waals surface area contributed by atoms with Gasteiger partial charge in [-0.05, 0) is 61.9 Å². The molecule has 1 heterocycles. The Hall–Kier alpha value is -3.04. The molecule has 0 aliphatic carbocycles. The van der Waals surface area contributed by atoms with Crippen LogP contribution in [0.5, 0.6) is 0 Å². The van der Waals surface area contributed by atoms with E-state index in [4.69, 9.17) is 38.2 Å². The molecule has 0 bridgehead atoms. The molecule has 0 unspecified atom stereocenters. The molecule has 0 radical (unpaired) electrons. The van der Waals surface area contributed by atoms with Gasteiger partial charge in [0.1, 0.15) is 0 Å². The average Bonchev–Trinajstić information content (AvgIpc) is 2.78. The van der Waals surface area contributed by atoms with Crippen LogP contribution in [-0.4, -0.2) is 57.7 Å². The van der Waals surface area contributed by atoms with E-state index < -0.39 is 5.91 Å². The second-order valence-electron chi connectivity index (χ2n) is 7.52. The molecule has 10 heteroatoms. The Kier molecular flexibility index (Phi) is 10.4. The lowest BCUT2D eigenvalue weighted by atomic mass is 10.0. The van der Waals surface area contributed by atoms with Gasteiger partial charge in [0.2, 0.25) is 5.82 Å². The van der Waals surface area contributed by atoms with Gasteiger partial charge in [0, 0.05) is 35.6 Å². The van der Waals surface area contributed by atoms with E-state index in [-0.39, 0.29) is 18.9 Å². The van der Waals surface area contributed by atoms with E-state index in [1.165, 1.54) is 6.20 Å². The third-order valence-electron chi connectivity index (χ3n) is 4.83. The number of carbonyl (C=O) groups is 2. The van der Waals surface area contributed by atoms with Crippen molar-refractivity contribution in [1.29, 1.82) is 0 Å². The first-order valence-corrected chi connectivity index (χ1v) is 11.0. The van der Waals surface area contributed by atoms with Crippen LogP contribution < -0.4 is 5.32 Å². The van der Waals surface area contributed by atoms with Gasteiger partial charge in [0.05, 0.1) is 17.3 Å². The van der Waals surface area contributed by atoms with E-state index in [0.29, 0.717) is 34.4 Å². The molecule has 0 atom stereocenters. The second kappa shape index (κ2) is 13.0. The lowest BCUT2D eigenvalue weighted by Crippen LogP contribution is -2.22. The molecule has 1 aromatic heterocycles. The highest BCUT2D eigenvalue weighted by atomic mass is 35.5. The van der Waals surface area contributed by atoms with Crippen LogP contribution in [0.3, 0.4) is 0 Å². The number of rotatable bonds is 7. The summed E-state index contributed by atoms with van der Waals surface area (Å²) in [5, 5.41) is 19.9. The van der Waals surface area contributed by atoms with Gasteiger partial charge in [-0.2, -0.15) is 0 Å². The van der Waals surface area contributed by atoms with Crippen LogP contribution in [0.25, 0.3) is 11.3 Å². The smallest absolute Gasteiger partial charge is 0.293 e. The molecule has 2 aromatic carbocycles. The van der Waals surface area contributed by atoms with Crippen LogP contribution in [0.1, 0.15) is 27.3 Å². The summed E-state index contributed by atoms with van der Waals surface area (Å²) in [6.07, 6.45) is 1.52. The Bertz CT molecular complexity index is 1130. The van der Waals surface area contributed by atoms with Crippen LogP contribution in [0.2, 0.25) is 10.0 Å². The molecule has 3 rings (SSSR count). The number of carboxylic acid groups (broad SMARTS) is 1. The Morgan fingerprint density at radius 2 is 1.79 bits per heavy atom. The van der Waals surface area contributed by atoms with Crippen LogP contribution in [0, 0.1) is 13.8 Å². The van der Waals surface area contributed by atoms with Crippen LogP contribution in [0.15, 0.2) is 42.6 Å². The van der Waals surface area contributed by atoms with Crippen LogP contribution in [-0.2, 0) is 11.3 Å². The summed E-state index contributed by atoms with van der Waals surface area (Å²) in [4.78, 5) is 31.8. The summed E-state index contributed by atoms with van der Waals surface area (Å²) in [6, 6.07) is 10.8. The highest BCUT2D eigenvalue weighted by Crippen LogP contribution is 2.29. The number of hydrogen-bond donors (Lipinski definition) is 3. The molecule has 0 aliphatic rings. The largest absolute Gasteiger partial charge is 0.483 e. The van der Waals surface area contributed by atoms with Crippen molar-refractivity contribution in [3.05, 3.63) is 75.2 Å². The summed E-state index contributed by atoms with van der Waals surface area (Å²) in [5.74, 6) is -0.365. The van der Waals surface area contributed by atoms with E-state index in [2.05, 4.69) is 15.3 Å². The van der Waals surface area contributed by atoms with E-state index in [1.807, 2.05) is 37.9 Å². The van der Waals surface area contributed by atoms with Gasteiger partial charge in [-0.3, -0.25) is 14.5 Å². The van der Waals surface area contributed by atoms with Crippen molar-refractivity contribution < 1.29 is 19.8 Å². The number of likely N-dealkylation sites (N-methyl/N-ethyl adjacent to an activating group) is 1. The lowest BCUT2D eigenvalue weighted by Gasteiger charge is -2.18. The summed E-state index contributed by atoms with van der Waals surface area (Å²) < 4.78 is 0. The Morgan fingerprint density at radius 3 is 2.41 bits per heavy atom. The monoisotopic (exact) mass is 504 g/mol. The number of aromatic nitrogens is 2. The number of carbonyl (C=O) groups excluding carboxylic acids is 1. The fraction of sp³-hybridized carbons (Fsp3) is 0.250. The summed E-state index contributed by atoms with van der Waals surface area (Å²) >= 11 is 12.3. The number of amides is 1. The van der Waals surface area contributed by atoms with E-state index in [9.17, 15) is 4.79 Å². The number of hydrogen-bond acceptors (Lipinski definition) is 6. The molecule has 0 saturated heterocycles. The average molecular weight is 505 g/mol. The summed E-state index contributed by atoms with van der Waals surface area (Å²) in [7, 11) is 1.95. The number of nitrogens with one attached hydrogen (secondary N) is 1. The molecule has 3 aromatic rings. The second-order valence-corrected chi connectivity index (χ2v) is 8.36. The van der Waals surface area contributed by atoms with Gasteiger partial charge in [0.25, 0.3) is 12.4 Å². The first kappa shape index (κ1) is 27.2. The quantitative estimate of drug-likeness (QED) is 0.407. The summed E-state index contributed by atoms with van der Waals surface area (Å²) in [6.45, 7) is 5.06. The molecule has 0 fully saturated rings. The molecular formula is C24H26Cl2N4O4. The first-order chi connectivity index (χ1) is 16.2. The molecule has 1 amide bonds. The SMILES string of the molecule is Cc1cc(CN(C)CCO)cc(C)c1NC(=O)c1nccc(-c2cc(Cl)ccc2Cl)n1.O=CO. The molecule has 0 aliphatic heterocycles. The molecule has 3 N–H and O–H groups in total. The fourth-order valence-corrected chi connectivity index (χ4v) is 3.77. The number of anilines is 1. The van der Waals surface area contributed by atoms with Crippen LogP contribution >= 0.6 is 23.2 Å². The van der Waals surface area contributed by atoms with Gasteiger partial charge in [0.15, 0.2) is 0 Å². The third kappa shape index (κ3) is 7.50. The van der Waals surface area contributed by atoms with Crippen molar-refractivity contribution >= 4 is 41.3 Å².